The van der Waals surface area contributed by atoms with Gasteiger partial charge in [0.15, 0.2) is 0 Å². The van der Waals surface area contributed by atoms with Crippen molar-refractivity contribution in [3.05, 3.63) is 36.4 Å². The minimum Gasteiger partial charge on any atom is -0.490 e. The normalized spacial score (nSPS) is 9.11. The first-order valence-electron chi connectivity index (χ1n) is 2.50. The molecule has 0 spiro atoms. The van der Waals surface area contributed by atoms with E-state index in [0.29, 0.717) is 5.02 Å². The van der Waals surface area contributed by atoms with Crippen LogP contribution in [0, 0.1) is 7.11 Å². The second kappa shape index (κ2) is 2.74. The van der Waals surface area contributed by atoms with E-state index in [0.717, 1.165) is 5.75 Å². The molecular weight excluding hydrogens is 136 g/mol. The third kappa shape index (κ3) is 1.61. The number of hydrogen-bond donors (Lipinski definition) is 0. The van der Waals surface area contributed by atoms with Gasteiger partial charge in [-0.3, -0.25) is 0 Å². The van der Waals surface area contributed by atoms with Crippen molar-refractivity contribution < 1.29 is 4.74 Å². The molecule has 0 aliphatic carbocycles. The Morgan fingerprint density at radius 2 is 1.78 bits per heavy atom. The zero-order valence-electron chi connectivity index (χ0n) is 4.80. The molecule has 2 heteroatoms. The molecule has 1 aromatic carbocycles. The average Bonchev–Trinajstić information content (AvgIpc) is 1.90. The number of hydrogen-bond acceptors (Lipinski definition) is 1. The van der Waals surface area contributed by atoms with Crippen LogP contribution in [0.1, 0.15) is 0 Å². The first-order chi connectivity index (χ1) is 4.33. The van der Waals surface area contributed by atoms with Crippen LogP contribution in [-0.4, -0.2) is 0 Å². The molecule has 0 amide bonds. The topological polar surface area (TPSA) is 9.23 Å². The molecule has 0 N–H and O–H groups in total. The summed E-state index contributed by atoms with van der Waals surface area (Å²) in [6, 6.07) is 7.02. The predicted octanol–water partition coefficient (Wildman–Crippen LogP) is 2.51. The highest BCUT2D eigenvalue weighted by molar-refractivity contribution is 6.30. The van der Waals surface area contributed by atoms with E-state index in [2.05, 4.69) is 11.8 Å². The largest absolute Gasteiger partial charge is 0.490 e. The molecule has 0 atom stereocenters. The van der Waals surface area contributed by atoms with Gasteiger partial charge in [-0.25, -0.2) is 0 Å². The van der Waals surface area contributed by atoms with E-state index in [1.165, 1.54) is 0 Å². The van der Waals surface area contributed by atoms with E-state index in [1.54, 1.807) is 24.3 Å². The smallest absolute Gasteiger partial charge is 0.122 e. The number of ether oxygens (including phenoxy) is 1. The average molecular weight is 142 g/mol. The zero-order valence-corrected chi connectivity index (χ0v) is 5.56. The Hall–Kier alpha value is -0.690. The van der Waals surface area contributed by atoms with Gasteiger partial charge in [0.05, 0.1) is 0 Å². The maximum Gasteiger partial charge on any atom is 0.122 e. The maximum atomic E-state index is 5.59. The van der Waals surface area contributed by atoms with Crippen molar-refractivity contribution in [1.29, 1.82) is 0 Å². The molecular formula is C7H6ClO. The Kier molecular flexibility index (Phi) is 1.96. The molecule has 9 heavy (non-hydrogen) atoms. The summed E-state index contributed by atoms with van der Waals surface area (Å²) >= 11 is 5.59. The molecule has 0 bridgehead atoms. The van der Waals surface area contributed by atoms with Crippen molar-refractivity contribution in [1.82, 2.24) is 0 Å². The third-order valence-corrected chi connectivity index (χ3v) is 1.23. The van der Waals surface area contributed by atoms with Crippen molar-refractivity contribution in [2.75, 3.05) is 0 Å². The summed E-state index contributed by atoms with van der Waals surface area (Å²) < 4.78 is 4.66. The van der Waals surface area contributed by atoms with E-state index < -0.39 is 0 Å². The Morgan fingerprint density at radius 3 is 2.22 bits per heavy atom. The zero-order chi connectivity index (χ0) is 6.69. The molecule has 1 rings (SSSR count). The van der Waals surface area contributed by atoms with Crippen molar-refractivity contribution in [3.8, 4) is 5.75 Å². The summed E-state index contributed by atoms with van der Waals surface area (Å²) in [5.41, 5.74) is 0. The summed E-state index contributed by atoms with van der Waals surface area (Å²) in [6.45, 7) is 0. The fourth-order valence-electron chi connectivity index (χ4n) is 0.531. The van der Waals surface area contributed by atoms with Crippen LogP contribution in [0.4, 0.5) is 0 Å². The van der Waals surface area contributed by atoms with Crippen LogP contribution in [0.15, 0.2) is 24.3 Å². The fourth-order valence-corrected chi connectivity index (χ4v) is 0.657. The molecule has 0 heterocycles. The van der Waals surface area contributed by atoms with Crippen molar-refractivity contribution >= 4 is 11.6 Å². The van der Waals surface area contributed by atoms with Crippen LogP contribution in [0.3, 0.4) is 0 Å². The van der Waals surface area contributed by atoms with Crippen LogP contribution in [0.5, 0.6) is 5.75 Å². The van der Waals surface area contributed by atoms with Gasteiger partial charge >= 0.3 is 0 Å². The van der Waals surface area contributed by atoms with Crippen molar-refractivity contribution in [2.45, 2.75) is 0 Å². The first-order valence-corrected chi connectivity index (χ1v) is 2.88. The van der Waals surface area contributed by atoms with Gasteiger partial charge in [0.25, 0.3) is 0 Å². The quantitative estimate of drug-likeness (QED) is 0.584. The fraction of sp³-hybridized carbons (Fsp3) is 0. The summed E-state index contributed by atoms with van der Waals surface area (Å²) in [4.78, 5) is 0. The van der Waals surface area contributed by atoms with Crippen LogP contribution < -0.4 is 4.74 Å². The van der Waals surface area contributed by atoms with Gasteiger partial charge < -0.3 is 4.74 Å². The van der Waals surface area contributed by atoms with Crippen molar-refractivity contribution in [3.63, 3.8) is 0 Å². The highest BCUT2D eigenvalue weighted by Crippen LogP contribution is 2.14. The van der Waals surface area contributed by atoms with Gasteiger partial charge in [-0.2, -0.15) is 0 Å². The van der Waals surface area contributed by atoms with E-state index in [4.69, 9.17) is 11.6 Å². The van der Waals surface area contributed by atoms with Crippen LogP contribution >= 0.6 is 11.6 Å². The molecule has 0 unspecified atom stereocenters. The number of benzene rings is 1. The minimum absolute atomic E-state index is 0.704. The van der Waals surface area contributed by atoms with E-state index in [1.807, 2.05) is 0 Å². The van der Waals surface area contributed by atoms with Crippen molar-refractivity contribution in [2.24, 2.45) is 0 Å². The lowest BCUT2D eigenvalue weighted by Gasteiger charge is -1.95. The monoisotopic (exact) mass is 141 g/mol. The molecule has 0 aromatic heterocycles. The summed E-state index contributed by atoms with van der Waals surface area (Å²) in [5.74, 6) is 0.722. The maximum absolute atomic E-state index is 5.59. The second-order valence-corrected chi connectivity index (χ2v) is 2.03. The lowest BCUT2D eigenvalue weighted by molar-refractivity contribution is 0.473. The van der Waals surface area contributed by atoms with Gasteiger partial charge in [0.2, 0.25) is 0 Å². The van der Waals surface area contributed by atoms with Crippen LogP contribution in [-0.2, 0) is 0 Å². The van der Waals surface area contributed by atoms with E-state index in [9.17, 15) is 0 Å². The molecule has 1 nitrogen and oxygen atoms in total. The van der Waals surface area contributed by atoms with E-state index >= 15 is 0 Å². The van der Waals surface area contributed by atoms with Gasteiger partial charge in [0, 0.05) is 5.02 Å². The summed E-state index contributed by atoms with van der Waals surface area (Å²) in [7, 11) is 3.24. The summed E-state index contributed by atoms with van der Waals surface area (Å²) in [6.07, 6.45) is 0. The van der Waals surface area contributed by atoms with Gasteiger partial charge in [-0.15, -0.1) is 0 Å². The second-order valence-electron chi connectivity index (χ2n) is 1.60. The lowest BCUT2D eigenvalue weighted by atomic mass is 10.3. The Balaban J connectivity index is 2.88. The highest BCUT2D eigenvalue weighted by Gasteiger charge is 1.87. The van der Waals surface area contributed by atoms with Gasteiger partial charge in [0.1, 0.15) is 12.9 Å². The molecule has 0 fully saturated rings. The van der Waals surface area contributed by atoms with Crippen LogP contribution in [0.2, 0.25) is 5.02 Å². The first kappa shape index (κ1) is 6.43. The Labute approximate surface area is 59.2 Å². The Bertz CT molecular complexity index is 181. The SMILES string of the molecule is [CH2]Oc1ccc(Cl)cc1. The minimum atomic E-state index is 0.704. The van der Waals surface area contributed by atoms with Gasteiger partial charge in [-0.1, -0.05) is 11.6 Å². The molecule has 1 radical (unpaired) electrons. The van der Waals surface area contributed by atoms with E-state index in [-0.39, 0.29) is 0 Å². The number of rotatable bonds is 1. The molecule has 1 aromatic rings. The molecule has 0 aliphatic rings. The third-order valence-electron chi connectivity index (χ3n) is 0.980. The molecule has 0 saturated carbocycles. The molecule has 47 valence electrons. The molecule has 0 saturated heterocycles. The standard InChI is InChI=1S/C7H6ClO/c1-9-7-4-2-6(8)3-5-7/h2-5H,1H2. The predicted molar refractivity (Wildman–Crippen MR) is 37.4 cm³/mol. The molecule has 0 aliphatic heterocycles. The van der Waals surface area contributed by atoms with Crippen LogP contribution in [0.25, 0.3) is 0 Å². The lowest BCUT2D eigenvalue weighted by Crippen LogP contribution is -1.75. The highest BCUT2D eigenvalue weighted by atomic mass is 35.5. The van der Waals surface area contributed by atoms with Gasteiger partial charge in [-0.05, 0) is 24.3 Å². The number of halogens is 1. The Morgan fingerprint density at radius 1 is 1.22 bits per heavy atom. The summed E-state index contributed by atoms with van der Waals surface area (Å²) in [5, 5.41) is 0.704.